The highest BCUT2D eigenvalue weighted by molar-refractivity contribution is 5.84. The van der Waals surface area contributed by atoms with Crippen LogP contribution in [0.5, 0.6) is 5.75 Å². The summed E-state index contributed by atoms with van der Waals surface area (Å²) in [7, 11) is 0. The Labute approximate surface area is 128 Å². The molecule has 3 rings (SSSR count). The van der Waals surface area contributed by atoms with Crippen LogP contribution in [0.4, 0.5) is 0 Å². The van der Waals surface area contributed by atoms with Crippen molar-refractivity contribution in [3.63, 3.8) is 0 Å². The lowest BCUT2D eigenvalue weighted by Gasteiger charge is -2.17. The fourth-order valence-electron chi connectivity index (χ4n) is 2.91. The third kappa shape index (κ3) is 2.50. The summed E-state index contributed by atoms with van der Waals surface area (Å²) in [6, 6.07) is 16.9. The van der Waals surface area contributed by atoms with E-state index >= 15 is 0 Å². The summed E-state index contributed by atoms with van der Waals surface area (Å²) in [4.78, 5) is 12.4. The highest BCUT2D eigenvalue weighted by atomic mass is 16.4. The molecular formula is C19H18O3. The molecule has 3 nitrogen and oxygen atoms in total. The molecule has 0 radical (unpaired) electrons. The molecular weight excluding hydrogens is 276 g/mol. The summed E-state index contributed by atoms with van der Waals surface area (Å²) in [6.07, 6.45) is 1.69. The quantitative estimate of drug-likeness (QED) is 0.724. The molecule has 2 aromatic carbocycles. The number of hydrogen-bond donors (Lipinski definition) is 1. The van der Waals surface area contributed by atoms with Crippen LogP contribution in [0.2, 0.25) is 0 Å². The third-order valence-corrected chi connectivity index (χ3v) is 3.95. The minimum Gasteiger partial charge on any atom is -0.507 e. The van der Waals surface area contributed by atoms with Crippen molar-refractivity contribution in [1.29, 1.82) is 0 Å². The number of para-hydroxylation sites is 1. The van der Waals surface area contributed by atoms with E-state index < -0.39 is 5.63 Å². The van der Waals surface area contributed by atoms with Gasteiger partial charge in [0.25, 0.3) is 0 Å². The molecule has 3 aromatic rings. The van der Waals surface area contributed by atoms with E-state index in [9.17, 15) is 9.90 Å². The van der Waals surface area contributed by atoms with Gasteiger partial charge in [-0.2, -0.15) is 0 Å². The average molecular weight is 294 g/mol. The molecule has 1 heterocycles. The number of aromatic hydroxyl groups is 1. The van der Waals surface area contributed by atoms with E-state index in [0.29, 0.717) is 16.5 Å². The van der Waals surface area contributed by atoms with Crippen molar-refractivity contribution in [3.05, 3.63) is 76.1 Å². The van der Waals surface area contributed by atoms with E-state index in [1.807, 2.05) is 36.4 Å². The molecule has 0 saturated carbocycles. The minimum absolute atomic E-state index is 0.0363. The second-order valence-corrected chi connectivity index (χ2v) is 5.40. The lowest BCUT2D eigenvalue weighted by Crippen LogP contribution is -2.14. The predicted molar refractivity (Wildman–Crippen MR) is 87.3 cm³/mol. The summed E-state index contributed by atoms with van der Waals surface area (Å²) in [6.45, 7) is 2.07. The number of fused-ring (bicyclic) bond motifs is 1. The first-order valence-electron chi connectivity index (χ1n) is 7.52. The topological polar surface area (TPSA) is 50.4 Å². The van der Waals surface area contributed by atoms with E-state index in [-0.39, 0.29) is 11.7 Å². The van der Waals surface area contributed by atoms with E-state index in [2.05, 4.69) is 6.92 Å². The molecule has 0 fully saturated rings. The molecule has 1 aromatic heterocycles. The molecule has 0 unspecified atom stereocenters. The highest BCUT2D eigenvalue weighted by Crippen LogP contribution is 2.36. The van der Waals surface area contributed by atoms with Crippen LogP contribution in [-0.4, -0.2) is 5.11 Å². The fourth-order valence-corrected chi connectivity index (χ4v) is 2.91. The Bertz CT molecular complexity index is 834. The van der Waals surface area contributed by atoms with Gasteiger partial charge in [-0.1, -0.05) is 55.8 Å². The van der Waals surface area contributed by atoms with Crippen LogP contribution in [0.25, 0.3) is 11.0 Å². The molecule has 112 valence electrons. The summed E-state index contributed by atoms with van der Waals surface area (Å²) >= 11 is 0. The van der Waals surface area contributed by atoms with E-state index in [1.54, 1.807) is 18.2 Å². The Morgan fingerprint density at radius 1 is 1.05 bits per heavy atom. The zero-order chi connectivity index (χ0) is 15.5. The van der Waals surface area contributed by atoms with Gasteiger partial charge in [0.05, 0.1) is 10.9 Å². The van der Waals surface area contributed by atoms with Crippen LogP contribution in [0.15, 0.2) is 63.8 Å². The van der Waals surface area contributed by atoms with E-state index in [1.165, 1.54) is 0 Å². The smallest absolute Gasteiger partial charge is 0.343 e. The van der Waals surface area contributed by atoms with Crippen LogP contribution in [-0.2, 0) is 0 Å². The van der Waals surface area contributed by atoms with Gasteiger partial charge in [-0.3, -0.25) is 0 Å². The van der Waals surface area contributed by atoms with E-state index in [0.717, 1.165) is 18.4 Å². The molecule has 0 bridgehead atoms. The number of rotatable bonds is 4. The molecule has 0 saturated heterocycles. The first kappa shape index (κ1) is 14.4. The Morgan fingerprint density at radius 3 is 2.45 bits per heavy atom. The van der Waals surface area contributed by atoms with Gasteiger partial charge in [-0.25, -0.2) is 4.79 Å². The van der Waals surface area contributed by atoms with Gasteiger partial charge in [0, 0.05) is 5.92 Å². The van der Waals surface area contributed by atoms with Gasteiger partial charge in [0.15, 0.2) is 0 Å². The van der Waals surface area contributed by atoms with Crippen molar-refractivity contribution in [3.8, 4) is 5.75 Å². The van der Waals surface area contributed by atoms with Crippen molar-refractivity contribution < 1.29 is 9.52 Å². The van der Waals surface area contributed by atoms with Gasteiger partial charge in [-0.15, -0.1) is 0 Å². The SMILES string of the molecule is CCC[C@@H](c1ccccc1)c1c(O)c2ccccc2oc1=O. The molecule has 3 heteroatoms. The maximum Gasteiger partial charge on any atom is 0.343 e. The van der Waals surface area contributed by atoms with Crippen molar-refractivity contribution in [1.82, 2.24) is 0 Å². The minimum atomic E-state index is -0.460. The van der Waals surface area contributed by atoms with Gasteiger partial charge in [-0.05, 0) is 24.1 Å². The zero-order valence-electron chi connectivity index (χ0n) is 12.5. The van der Waals surface area contributed by atoms with E-state index in [4.69, 9.17) is 4.42 Å². The molecule has 0 aliphatic heterocycles. The standard InChI is InChI=1S/C19H18O3/c1-2-8-14(13-9-4-3-5-10-13)17-18(20)15-11-6-7-12-16(15)22-19(17)21/h3-7,9-12,14,20H,2,8H2,1H3/t14-/m0/s1. The second kappa shape index (κ2) is 6.06. The first-order valence-corrected chi connectivity index (χ1v) is 7.52. The maximum atomic E-state index is 12.4. The van der Waals surface area contributed by atoms with Gasteiger partial charge < -0.3 is 9.52 Å². The van der Waals surface area contributed by atoms with Crippen molar-refractivity contribution >= 4 is 11.0 Å². The third-order valence-electron chi connectivity index (χ3n) is 3.95. The Morgan fingerprint density at radius 2 is 1.73 bits per heavy atom. The lowest BCUT2D eigenvalue weighted by molar-refractivity contribution is 0.448. The van der Waals surface area contributed by atoms with Crippen LogP contribution < -0.4 is 5.63 Å². The highest BCUT2D eigenvalue weighted by Gasteiger charge is 2.23. The van der Waals surface area contributed by atoms with Crippen molar-refractivity contribution in [2.24, 2.45) is 0 Å². The van der Waals surface area contributed by atoms with Crippen LogP contribution in [0.1, 0.15) is 36.8 Å². The summed E-state index contributed by atoms with van der Waals surface area (Å²) in [5, 5.41) is 11.2. The monoisotopic (exact) mass is 294 g/mol. The average Bonchev–Trinajstić information content (AvgIpc) is 2.55. The van der Waals surface area contributed by atoms with Gasteiger partial charge >= 0.3 is 5.63 Å². The van der Waals surface area contributed by atoms with Crippen LogP contribution in [0, 0.1) is 0 Å². The summed E-state index contributed by atoms with van der Waals surface area (Å²) in [5.41, 5.74) is 1.32. The molecule has 0 spiro atoms. The maximum absolute atomic E-state index is 12.4. The van der Waals surface area contributed by atoms with Gasteiger partial charge in [0.2, 0.25) is 0 Å². The van der Waals surface area contributed by atoms with Gasteiger partial charge in [0.1, 0.15) is 11.3 Å². The molecule has 0 aliphatic rings. The molecule has 22 heavy (non-hydrogen) atoms. The number of hydrogen-bond acceptors (Lipinski definition) is 3. The molecule has 0 aliphatic carbocycles. The Hall–Kier alpha value is -2.55. The normalized spacial score (nSPS) is 12.4. The summed E-state index contributed by atoms with van der Waals surface area (Å²) < 4.78 is 5.41. The van der Waals surface area contributed by atoms with Crippen LogP contribution >= 0.6 is 0 Å². The second-order valence-electron chi connectivity index (χ2n) is 5.40. The van der Waals surface area contributed by atoms with Crippen molar-refractivity contribution in [2.75, 3.05) is 0 Å². The van der Waals surface area contributed by atoms with Crippen LogP contribution in [0.3, 0.4) is 0 Å². The Kier molecular flexibility index (Phi) is 3.96. The summed E-state index contributed by atoms with van der Waals surface area (Å²) in [5.74, 6) is -0.124. The van der Waals surface area contributed by atoms with Crippen molar-refractivity contribution in [2.45, 2.75) is 25.7 Å². The first-order chi connectivity index (χ1) is 10.7. The molecule has 0 amide bonds. The number of benzene rings is 2. The fraction of sp³-hybridized carbons (Fsp3) is 0.211. The predicted octanol–water partition coefficient (Wildman–Crippen LogP) is 4.43. The zero-order valence-corrected chi connectivity index (χ0v) is 12.5. The largest absolute Gasteiger partial charge is 0.507 e. The molecule has 1 atom stereocenters. The Balaban J connectivity index is 2.24. The molecule has 1 N–H and O–H groups in total. The lowest BCUT2D eigenvalue weighted by atomic mass is 9.87.